The van der Waals surface area contributed by atoms with Crippen molar-refractivity contribution in [1.29, 1.82) is 0 Å². The Morgan fingerprint density at radius 1 is 1.36 bits per heavy atom. The van der Waals surface area contributed by atoms with Crippen molar-refractivity contribution in [1.82, 2.24) is 5.32 Å². The molecule has 0 aliphatic carbocycles. The average molecular weight is 315 g/mol. The number of amides is 1. The van der Waals surface area contributed by atoms with Crippen LogP contribution in [0, 0.1) is 0 Å². The highest BCUT2D eigenvalue weighted by Crippen LogP contribution is 2.36. The molecule has 1 aromatic heterocycles. The van der Waals surface area contributed by atoms with Crippen molar-refractivity contribution in [2.75, 3.05) is 13.2 Å². The number of carbonyl (C=O) groups is 1. The lowest BCUT2D eigenvalue weighted by Crippen LogP contribution is -2.43. The number of ether oxygens (including phenoxy) is 1. The molecule has 5 heteroatoms. The molecule has 1 unspecified atom stereocenters. The molecule has 1 amide bonds. The highest BCUT2D eigenvalue weighted by molar-refractivity contribution is 7.10. The number of rotatable bonds is 4. The zero-order chi connectivity index (χ0) is 15.4. The summed E-state index contributed by atoms with van der Waals surface area (Å²) in [6, 6.07) is 11.3. The van der Waals surface area contributed by atoms with Gasteiger partial charge in [-0.3, -0.25) is 4.79 Å². The third-order valence-electron chi connectivity index (χ3n) is 3.66. The fraction of sp³-hybridized carbons (Fsp3) is 0.235. The maximum atomic E-state index is 11.9. The molecule has 4 nitrogen and oxygen atoms in total. The van der Waals surface area contributed by atoms with Gasteiger partial charge in [-0.2, -0.15) is 0 Å². The summed E-state index contributed by atoms with van der Waals surface area (Å²) in [4.78, 5) is 12.9. The molecule has 1 aromatic carbocycles. The molecule has 22 heavy (non-hydrogen) atoms. The minimum Gasteiger partial charge on any atom is -0.493 e. The molecule has 1 aliphatic heterocycles. The van der Waals surface area contributed by atoms with Gasteiger partial charge in [-0.1, -0.05) is 24.3 Å². The van der Waals surface area contributed by atoms with E-state index in [1.54, 1.807) is 17.4 Å². The van der Waals surface area contributed by atoms with Crippen molar-refractivity contribution >= 4 is 23.3 Å². The zero-order valence-corrected chi connectivity index (χ0v) is 12.8. The molecule has 1 atom stereocenters. The summed E-state index contributed by atoms with van der Waals surface area (Å²) in [5.74, 6) is 0.463. The molecule has 0 bridgehead atoms. The number of carbonyl (C=O) groups excluding carboxylic acids is 1. The second-order valence-corrected chi connectivity index (χ2v) is 6.17. The summed E-state index contributed by atoms with van der Waals surface area (Å²) in [6.07, 6.45) is 3.71. The van der Waals surface area contributed by atoms with Crippen LogP contribution in [-0.2, 0) is 10.4 Å². The first-order valence-electron chi connectivity index (χ1n) is 7.11. The van der Waals surface area contributed by atoms with E-state index in [1.807, 2.05) is 41.8 Å². The number of benzene rings is 1. The van der Waals surface area contributed by atoms with Gasteiger partial charge in [0.1, 0.15) is 11.4 Å². The Morgan fingerprint density at radius 3 is 3.05 bits per heavy atom. The minimum absolute atomic E-state index is 0.168. The first-order chi connectivity index (χ1) is 10.7. The topological polar surface area (TPSA) is 58.6 Å². The van der Waals surface area contributed by atoms with E-state index >= 15 is 0 Å². The Balaban J connectivity index is 1.65. The van der Waals surface area contributed by atoms with E-state index in [-0.39, 0.29) is 12.5 Å². The summed E-state index contributed by atoms with van der Waals surface area (Å²) < 4.78 is 5.54. The molecule has 0 fully saturated rings. The number of hydrogen-bond acceptors (Lipinski definition) is 4. The molecule has 0 saturated heterocycles. The van der Waals surface area contributed by atoms with Gasteiger partial charge in [0.25, 0.3) is 0 Å². The molecule has 3 rings (SSSR count). The Morgan fingerprint density at radius 2 is 2.23 bits per heavy atom. The number of aliphatic hydroxyl groups is 1. The van der Waals surface area contributed by atoms with E-state index in [0.717, 1.165) is 10.4 Å². The standard InChI is InChI=1S/C17H17NO3S/c19-16(8-7-13-4-3-11-22-13)18-12-17(20)9-10-21-15-6-2-1-5-14(15)17/h1-8,11,20H,9-10,12H2,(H,18,19). The van der Waals surface area contributed by atoms with Gasteiger partial charge in [0, 0.05) is 22.9 Å². The van der Waals surface area contributed by atoms with E-state index < -0.39 is 5.60 Å². The van der Waals surface area contributed by atoms with Gasteiger partial charge in [-0.15, -0.1) is 11.3 Å². The van der Waals surface area contributed by atoms with Crippen molar-refractivity contribution in [3.63, 3.8) is 0 Å². The van der Waals surface area contributed by atoms with Crippen LogP contribution in [0.15, 0.2) is 47.9 Å². The largest absolute Gasteiger partial charge is 0.493 e. The average Bonchev–Trinajstić information content (AvgIpc) is 3.05. The molecule has 0 spiro atoms. The van der Waals surface area contributed by atoms with Gasteiger partial charge < -0.3 is 15.2 Å². The number of para-hydroxylation sites is 1. The van der Waals surface area contributed by atoms with Crippen LogP contribution in [0.25, 0.3) is 6.08 Å². The highest BCUT2D eigenvalue weighted by atomic mass is 32.1. The van der Waals surface area contributed by atoms with Crippen LogP contribution in [0.4, 0.5) is 0 Å². The van der Waals surface area contributed by atoms with Crippen LogP contribution in [0.1, 0.15) is 16.9 Å². The molecule has 114 valence electrons. The predicted molar refractivity (Wildman–Crippen MR) is 86.8 cm³/mol. The highest BCUT2D eigenvalue weighted by Gasteiger charge is 2.35. The quantitative estimate of drug-likeness (QED) is 0.853. The Kier molecular flexibility index (Phi) is 4.27. The fourth-order valence-electron chi connectivity index (χ4n) is 2.46. The van der Waals surface area contributed by atoms with Crippen LogP contribution >= 0.6 is 11.3 Å². The molecular weight excluding hydrogens is 298 g/mol. The van der Waals surface area contributed by atoms with Gasteiger partial charge >= 0.3 is 0 Å². The van der Waals surface area contributed by atoms with E-state index in [2.05, 4.69) is 5.32 Å². The SMILES string of the molecule is O=C(C=Cc1cccs1)NCC1(O)CCOc2ccccc21. The first kappa shape index (κ1) is 14.8. The molecule has 2 aromatic rings. The third kappa shape index (κ3) is 3.21. The van der Waals surface area contributed by atoms with Gasteiger partial charge in [0.05, 0.1) is 13.2 Å². The van der Waals surface area contributed by atoms with E-state index in [1.165, 1.54) is 6.08 Å². The number of hydrogen-bond donors (Lipinski definition) is 2. The van der Waals surface area contributed by atoms with Gasteiger partial charge in [0.15, 0.2) is 0 Å². The maximum Gasteiger partial charge on any atom is 0.244 e. The Bertz CT molecular complexity index is 681. The van der Waals surface area contributed by atoms with Crippen LogP contribution < -0.4 is 10.1 Å². The van der Waals surface area contributed by atoms with E-state index in [0.29, 0.717) is 18.8 Å². The van der Waals surface area contributed by atoms with Crippen LogP contribution in [0.3, 0.4) is 0 Å². The van der Waals surface area contributed by atoms with E-state index in [4.69, 9.17) is 4.74 Å². The minimum atomic E-state index is -1.08. The summed E-state index contributed by atoms with van der Waals surface area (Å²) in [5.41, 5.74) is -0.356. The monoisotopic (exact) mass is 315 g/mol. The van der Waals surface area contributed by atoms with Crippen molar-refractivity contribution in [3.8, 4) is 5.75 Å². The van der Waals surface area contributed by atoms with Crippen LogP contribution in [0.5, 0.6) is 5.75 Å². The smallest absolute Gasteiger partial charge is 0.244 e. The second-order valence-electron chi connectivity index (χ2n) is 5.19. The second kappa shape index (κ2) is 6.34. The number of nitrogens with one attached hydrogen (secondary N) is 1. The van der Waals surface area contributed by atoms with Crippen molar-refractivity contribution in [2.45, 2.75) is 12.0 Å². The lowest BCUT2D eigenvalue weighted by atomic mass is 9.88. The van der Waals surface area contributed by atoms with Gasteiger partial charge in [0.2, 0.25) is 5.91 Å². The summed E-state index contributed by atoms with van der Waals surface area (Å²) in [6.45, 7) is 0.607. The Hall–Kier alpha value is -2.11. The predicted octanol–water partition coefficient (Wildman–Crippen LogP) is 2.55. The van der Waals surface area contributed by atoms with Gasteiger partial charge in [-0.25, -0.2) is 0 Å². The summed E-state index contributed by atoms with van der Waals surface area (Å²) in [7, 11) is 0. The van der Waals surface area contributed by atoms with Crippen LogP contribution in [-0.4, -0.2) is 24.2 Å². The number of thiophene rings is 1. The molecule has 2 N–H and O–H groups in total. The number of fused-ring (bicyclic) bond motifs is 1. The van der Waals surface area contributed by atoms with Crippen molar-refractivity contribution in [3.05, 3.63) is 58.3 Å². The third-order valence-corrected chi connectivity index (χ3v) is 4.50. The lowest BCUT2D eigenvalue weighted by molar-refractivity contribution is -0.118. The molecule has 0 radical (unpaired) electrons. The zero-order valence-electron chi connectivity index (χ0n) is 12.0. The maximum absolute atomic E-state index is 11.9. The molecular formula is C17H17NO3S. The molecule has 0 saturated carbocycles. The van der Waals surface area contributed by atoms with Crippen molar-refractivity contribution in [2.24, 2.45) is 0 Å². The Labute approximate surface area is 133 Å². The lowest BCUT2D eigenvalue weighted by Gasteiger charge is -2.34. The van der Waals surface area contributed by atoms with E-state index in [9.17, 15) is 9.90 Å². The normalized spacial score (nSPS) is 20.4. The first-order valence-corrected chi connectivity index (χ1v) is 7.99. The fourth-order valence-corrected chi connectivity index (χ4v) is 3.08. The molecule has 2 heterocycles. The summed E-state index contributed by atoms with van der Waals surface area (Å²) in [5, 5.41) is 15.5. The van der Waals surface area contributed by atoms with Crippen LogP contribution in [0.2, 0.25) is 0 Å². The molecule has 1 aliphatic rings. The van der Waals surface area contributed by atoms with Crippen molar-refractivity contribution < 1.29 is 14.6 Å². The summed E-state index contributed by atoms with van der Waals surface area (Å²) >= 11 is 1.57. The van der Waals surface area contributed by atoms with Gasteiger partial charge in [-0.05, 0) is 23.6 Å².